The van der Waals surface area contributed by atoms with Gasteiger partial charge in [0.05, 0.1) is 17.0 Å². The van der Waals surface area contributed by atoms with Gasteiger partial charge < -0.3 is 29.2 Å². The van der Waals surface area contributed by atoms with Crippen LogP contribution in [0.15, 0.2) is 170 Å². The number of unbranched alkanes of at least 4 members (excludes halogenated alkanes) is 7. The lowest BCUT2D eigenvalue weighted by atomic mass is 9.75. The molecule has 416 valence electrons. The van der Waals surface area contributed by atoms with Crippen LogP contribution in [0.3, 0.4) is 0 Å². The van der Waals surface area contributed by atoms with Crippen molar-refractivity contribution in [1.82, 2.24) is 29.9 Å². The Morgan fingerprint density at radius 3 is 1.35 bits per heavy atom. The van der Waals surface area contributed by atoms with Crippen LogP contribution in [0.4, 0.5) is 0 Å². The number of esters is 2. The van der Waals surface area contributed by atoms with E-state index in [0.717, 1.165) is 92.9 Å². The van der Waals surface area contributed by atoms with E-state index in [2.05, 4.69) is 19.1 Å². The van der Waals surface area contributed by atoms with Gasteiger partial charge in [0, 0.05) is 40.8 Å². The Morgan fingerprint density at radius 2 is 0.877 bits per heavy atom. The van der Waals surface area contributed by atoms with Crippen molar-refractivity contribution >= 4 is 11.9 Å². The highest BCUT2D eigenvalue weighted by Crippen LogP contribution is 2.37. The van der Waals surface area contributed by atoms with E-state index in [1.54, 1.807) is 24.3 Å². The topological polar surface area (TPSA) is 189 Å². The second-order valence-electron chi connectivity index (χ2n) is 20.3. The molecule has 1 aliphatic rings. The van der Waals surface area contributed by atoms with E-state index in [-0.39, 0.29) is 61.7 Å². The van der Waals surface area contributed by atoms with Crippen LogP contribution in [0.25, 0.3) is 68.3 Å². The van der Waals surface area contributed by atoms with Gasteiger partial charge >= 0.3 is 11.9 Å². The average Bonchev–Trinajstić information content (AvgIpc) is 3.58. The molecule has 2 aromatic heterocycles. The Labute approximate surface area is 474 Å². The van der Waals surface area contributed by atoms with Gasteiger partial charge in [-0.15, -0.1) is 0 Å². The number of aromatic nitrogens is 6. The van der Waals surface area contributed by atoms with E-state index >= 15 is 0 Å². The van der Waals surface area contributed by atoms with E-state index in [1.807, 2.05) is 121 Å². The molecule has 0 amide bonds. The molecule has 0 bridgehead atoms. The average molecular weight is 1090 g/mol. The number of benzene rings is 6. The summed E-state index contributed by atoms with van der Waals surface area (Å²) in [4.78, 5) is 54.6. The van der Waals surface area contributed by atoms with Crippen molar-refractivity contribution in [3.05, 3.63) is 170 Å². The lowest BCUT2D eigenvalue weighted by Crippen LogP contribution is -2.30. The fraction of sp³-hybridized carbons (Fsp3) is 0.313. The van der Waals surface area contributed by atoms with E-state index in [0.29, 0.717) is 69.9 Å². The largest absolute Gasteiger partial charge is 0.507 e. The van der Waals surface area contributed by atoms with Crippen LogP contribution in [0.2, 0.25) is 0 Å². The number of phenolic OH excluding ortho intramolecular Hbond substituents is 2. The Kier molecular flexibility index (Phi) is 20.7. The third-order valence-corrected chi connectivity index (χ3v) is 14.4. The van der Waals surface area contributed by atoms with Crippen LogP contribution in [0.1, 0.15) is 90.4 Å². The van der Waals surface area contributed by atoms with Crippen molar-refractivity contribution in [3.63, 3.8) is 0 Å². The Bertz CT molecular complexity index is 3200. The van der Waals surface area contributed by atoms with E-state index in [9.17, 15) is 19.8 Å². The summed E-state index contributed by atoms with van der Waals surface area (Å²) >= 11 is 0. The zero-order chi connectivity index (χ0) is 56.0. The molecule has 0 fully saturated rings. The molecule has 14 heteroatoms. The summed E-state index contributed by atoms with van der Waals surface area (Å²) in [5, 5.41) is 22.3. The van der Waals surface area contributed by atoms with Gasteiger partial charge in [-0.05, 0) is 61.8 Å². The number of rotatable bonds is 28. The van der Waals surface area contributed by atoms with Crippen LogP contribution in [-0.2, 0) is 19.1 Å². The van der Waals surface area contributed by atoms with Gasteiger partial charge in [0.15, 0.2) is 34.9 Å². The van der Waals surface area contributed by atoms with Crippen LogP contribution in [0.5, 0.6) is 23.0 Å². The van der Waals surface area contributed by atoms with Gasteiger partial charge in [-0.1, -0.05) is 192 Å². The van der Waals surface area contributed by atoms with Crippen LogP contribution >= 0.6 is 0 Å². The van der Waals surface area contributed by atoms with E-state index in [4.69, 9.17) is 48.9 Å². The Balaban J connectivity index is 0.679. The molecular weight excluding hydrogens is 1020 g/mol. The first-order valence-electron chi connectivity index (χ1n) is 28.4. The van der Waals surface area contributed by atoms with Crippen LogP contribution in [-0.4, -0.2) is 78.5 Å². The maximum Gasteiger partial charge on any atom is 0.309 e. The minimum absolute atomic E-state index is 0.0441. The number of carbonyl (C=O) groups is 2. The Hall–Kier alpha value is -8.78. The first kappa shape index (κ1) is 56.9. The molecule has 0 aliphatic heterocycles. The molecule has 3 atom stereocenters. The second-order valence-corrected chi connectivity index (χ2v) is 20.3. The van der Waals surface area contributed by atoms with Gasteiger partial charge in [-0.3, -0.25) is 9.59 Å². The van der Waals surface area contributed by atoms with Gasteiger partial charge in [0.25, 0.3) is 0 Å². The number of phenols is 2. The van der Waals surface area contributed by atoms with Crippen LogP contribution < -0.4 is 9.47 Å². The molecular formula is C67H70N6O8. The molecule has 9 rings (SSSR count). The lowest BCUT2D eigenvalue weighted by molar-refractivity contribution is -0.151. The molecule has 0 saturated heterocycles. The summed E-state index contributed by atoms with van der Waals surface area (Å²) in [7, 11) is 0. The summed E-state index contributed by atoms with van der Waals surface area (Å²) in [6.07, 6.45) is 16.9. The number of carbonyl (C=O) groups excluding carboxylic acids is 2. The quantitative estimate of drug-likeness (QED) is 0.0268. The summed E-state index contributed by atoms with van der Waals surface area (Å²) < 4.78 is 23.2. The van der Waals surface area contributed by atoms with E-state index < -0.39 is 0 Å². The summed E-state index contributed by atoms with van der Waals surface area (Å²) in [6, 6.07) is 48.5. The molecule has 0 saturated carbocycles. The standard InChI is InChI=1S/C67H70N6O8/c1-2-3-4-13-24-48-35-34-47(44-57(48)67(77)81-43-41-79-54-37-39-56(59(75)46-54)66-72-63(51-29-18-10-19-30-51)69-64(73-66)52-31-20-11-21-32-52)23-12-6-5-7-22-33-60(76)80-42-40-78-53-36-38-55(58(74)45-53)65-70-61(49-25-14-8-15-26-49)68-62(71-65)50-27-16-9-17-28-50/h8-11,14-21,25-32,34-39,45-48,57,74-75H,2-7,12-13,22-24,33,40-44H2,1H3. The number of nitrogens with zero attached hydrogens (tertiary/aromatic N) is 6. The maximum absolute atomic E-state index is 13.7. The normalized spacial score (nSPS) is 14.8. The second kappa shape index (κ2) is 29.4. The number of ether oxygens (including phenoxy) is 4. The molecule has 0 radical (unpaired) electrons. The molecule has 2 N–H and O–H groups in total. The fourth-order valence-electron chi connectivity index (χ4n) is 10.0. The molecule has 14 nitrogen and oxygen atoms in total. The molecule has 81 heavy (non-hydrogen) atoms. The molecule has 1 aliphatic carbocycles. The number of aromatic hydroxyl groups is 2. The van der Waals surface area contributed by atoms with Crippen molar-refractivity contribution in [2.24, 2.45) is 17.8 Å². The number of hydrogen-bond acceptors (Lipinski definition) is 14. The van der Waals surface area contributed by atoms with Crippen molar-refractivity contribution in [1.29, 1.82) is 0 Å². The van der Waals surface area contributed by atoms with Gasteiger partial charge in [-0.25, -0.2) is 29.9 Å². The molecule has 0 spiro atoms. The predicted octanol–water partition coefficient (Wildman–Crippen LogP) is 14.5. The van der Waals surface area contributed by atoms with Crippen molar-refractivity contribution in [3.8, 4) is 91.3 Å². The first-order valence-corrected chi connectivity index (χ1v) is 28.4. The molecule has 6 aromatic carbocycles. The first-order chi connectivity index (χ1) is 39.8. The predicted molar refractivity (Wildman–Crippen MR) is 314 cm³/mol. The monoisotopic (exact) mass is 1090 g/mol. The van der Waals surface area contributed by atoms with Gasteiger partial charge in [-0.2, -0.15) is 0 Å². The van der Waals surface area contributed by atoms with Crippen molar-refractivity contribution in [2.75, 3.05) is 26.4 Å². The lowest BCUT2D eigenvalue weighted by Gasteiger charge is -2.30. The summed E-state index contributed by atoms with van der Waals surface area (Å²) in [5.41, 5.74) is 4.19. The third-order valence-electron chi connectivity index (χ3n) is 14.4. The minimum Gasteiger partial charge on any atom is -0.507 e. The van der Waals surface area contributed by atoms with Crippen molar-refractivity contribution < 1.29 is 38.7 Å². The highest BCUT2D eigenvalue weighted by molar-refractivity contribution is 5.74. The zero-order valence-corrected chi connectivity index (χ0v) is 45.9. The van der Waals surface area contributed by atoms with Crippen LogP contribution in [0, 0.1) is 17.8 Å². The zero-order valence-electron chi connectivity index (χ0n) is 45.9. The van der Waals surface area contributed by atoms with Gasteiger partial charge in [0.2, 0.25) is 0 Å². The fourth-order valence-corrected chi connectivity index (χ4v) is 10.0. The SMILES string of the molecule is CCCCCCC1C=CC(CCCCCCCC(=O)OCCOc2ccc(-c3nc(-c4ccccc4)nc(-c4ccccc4)n3)c(O)c2)CC1C(=O)OCCOc1ccc(-c2nc(-c3ccccc3)nc(-c3ccccc3)n2)c(O)c1. The number of allylic oxidation sites excluding steroid dienone is 2. The number of hydrogen-bond donors (Lipinski definition) is 2. The highest BCUT2D eigenvalue weighted by atomic mass is 16.6. The summed E-state index contributed by atoms with van der Waals surface area (Å²) in [6.45, 7) is 2.64. The summed E-state index contributed by atoms with van der Waals surface area (Å²) in [5.74, 6) is 3.16. The van der Waals surface area contributed by atoms with Gasteiger partial charge in [0.1, 0.15) is 49.4 Å². The minimum atomic E-state index is -0.266. The molecule has 2 heterocycles. The van der Waals surface area contributed by atoms with E-state index in [1.165, 1.54) is 18.6 Å². The molecule has 8 aromatic rings. The smallest absolute Gasteiger partial charge is 0.309 e. The van der Waals surface area contributed by atoms with Crippen molar-refractivity contribution in [2.45, 2.75) is 90.4 Å². The third kappa shape index (κ3) is 16.4. The Morgan fingerprint density at radius 1 is 0.457 bits per heavy atom. The molecule has 3 unspecified atom stereocenters. The maximum atomic E-state index is 13.7. The highest BCUT2D eigenvalue weighted by Gasteiger charge is 2.33.